The molecule has 0 saturated carbocycles. The summed E-state index contributed by atoms with van der Waals surface area (Å²) < 4.78 is 0. The average Bonchev–Trinajstić information content (AvgIpc) is 2.57. The van der Waals surface area contributed by atoms with Crippen molar-refractivity contribution in [1.29, 1.82) is 0 Å². The maximum absolute atomic E-state index is 12.1. The second-order valence-corrected chi connectivity index (χ2v) is 5.96. The van der Waals surface area contributed by atoms with Gasteiger partial charge in [-0.15, -0.1) is 0 Å². The van der Waals surface area contributed by atoms with E-state index in [1.165, 1.54) is 6.92 Å². The topological polar surface area (TPSA) is 49.4 Å². The van der Waals surface area contributed by atoms with E-state index in [4.69, 9.17) is 0 Å². The Morgan fingerprint density at radius 3 is 2.25 bits per heavy atom. The van der Waals surface area contributed by atoms with E-state index in [2.05, 4.69) is 5.32 Å². The van der Waals surface area contributed by atoms with E-state index in [-0.39, 0.29) is 24.3 Å². The number of hydrogen-bond acceptors (Lipinski definition) is 2. The first-order chi connectivity index (χ1) is 11.5. The number of carbonyl (C=O) groups excluding carboxylic acids is 2. The van der Waals surface area contributed by atoms with Crippen molar-refractivity contribution >= 4 is 17.5 Å². The van der Waals surface area contributed by atoms with Crippen molar-refractivity contribution in [3.05, 3.63) is 65.7 Å². The highest BCUT2D eigenvalue weighted by Crippen LogP contribution is 2.20. The van der Waals surface area contributed by atoms with Gasteiger partial charge in [0.05, 0.1) is 6.04 Å². The molecule has 4 heteroatoms. The molecule has 0 spiro atoms. The van der Waals surface area contributed by atoms with Crippen molar-refractivity contribution < 1.29 is 9.59 Å². The van der Waals surface area contributed by atoms with Crippen molar-refractivity contribution in [2.75, 3.05) is 11.9 Å². The number of nitrogens with one attached hydrogen (secondary N) is 1. The first-order valence-corrected chi connectivity index (χ1v) is 8.16. The SMILES string of the molecule is CC(=O)N(CCC(=O)Nc1ccc(C)cc1)C(C)c1ccccc1. The summed E-state index contributed by atoms with van der Waals surface area (Å²) in [5.41, 5.74) is 2.98. The molecule has 24 heavy (non-hydrogen) atoms. The van der Waals surface area contributed by atoms with E-state index in [9.17, 15) is 9.59 Å². The molecule has 1 atom stereocenters. The zero-order chi connectivity index (χ0) is 17.5. The average molecular weight is 324 g/mol. The molecule has 0 aromatic heterocycles. The number of benzene rings is 2. The van der Waals surface area contributed by atoms with Gasteiger partial charge in [-0.2, -0.15) is 0 Å². The number of rotatable bonds is 6. The molecule has 126 valence electrons. The van der Waals surface area contributed by atoms with Crippen molar-refractivity contribution in [3.63, 3.8) is 0 Å². The lowest BCUT2D eigenvalue weighted by atomic mass is 10.1. The molecular formula is C20H24N2O2. The molecule has 2 rings (SSSR count). The number of amides is 2. The van der Waals surface area contributed by atoms with E-state index in [1.54, 1.807) is 4.90 Å². The first kappa shape index (κ1) is 17.7. The van der Waals surface area contributed by atoms with Gasteiger partial charge < -0.3 is 10.2 Å². The normalized spacial score (nSPS) is 11.6. The minimum atomic E-state index is -0.0923. The third-order valence-corrected chi connectivity index (χ3v) is 4.07. The standard InChI is InChI=1S/C20H24N2O2/c1-15-9-11-19(12-10-15)21-20(24)13-14-22(17(3)23)16(2)18-7-5-4-6-8-18/h4-12,16H,13-14H2,1-3H3,(H,21,24). The zero-order valence-corrected chi connectivity index (χ0v) is 14.5. The van der Waals surface area contributed by atoms with Crippen LogP contribution in [0.5, 0.6) is 0 Å². The predicted octanol–water partition coefficient (Wildman–Crippen LogP) is 3.93. The fraction of sp³-hybridized carbons (Fsp3) is 0.300. The van der Waals surface area contributed by atoms with Gasteiger partial charge in [0, 0.05) is 25.6 Å². The molecule has 0 aliphatic rings. The Morgan fingerprint density at radius 1 is 1.04 bits per heavy atom. The molecule has 0 radical (unpaired) electrons. The maximum atomic E-state index is 12.1. The molecule has 1 unspecified atom stereocenters. The smallest absolute Gasteiger partial charge is 0.226 e. The van der Waals surface area contributed by atoms with Gasteiger partial charge in [0.2, 0.25) is 11.8 Å². The van der Waals surface area contributed by atoms with Crippen LogP contribution < -0.4 is 5.32 Å². The maximum Gasteiger partial charge on any atom is 0.226 e. The monoisotopic (exact) mass is 324 g/mol. The lowest BCUT2D eigenvalue weighted by molar-refractivity contribution is -0.131. The summed E-state index contributed by atoms with van der Waals surface area (Å²) in [5.74, 6) is -0.125. The fourth-order valence-electron chi connectivity index (χ4n) is 2.62. The number of carbonyl (C=O) groups is 2. The molecule has 0 heterocycles. The molecule has 2 amide bonds. The first-order valence-electron chi connectivity index (χ1n) is 8.16. The Morgan fingerprint density at radius 2 is 1.67 bits per heavy atom. The van der Waals surface area contributed by atoms with Crippen molar-refractivity contribution in [1.82, 2.24) is 4.90 Å². The van der Waals surface area contributed by atoms with E-state index >= 15 is 0 Å². The number of nitrogens with zero attached hydrogens (tertiary/aromatic N) is 1. The van der Waals surface area contributed by atoms with Crippen LogP contribution in [0.25, 0.3) is 0 Å². The van der Waals surface area contributed by atoms with Crippen LogP contribution in [-0.2, 0) is 9.59 Å². The molecular weight excluding hydrogens is 300 g/mol. The van der Waals surface area contributed by atoms with Gasteiger partial charge in [0.25, 0.3) is 0 Å². The predicted molar refractivity (Wildman–Crippen MR) is 96.7 cm³/mol. The molecule has 2 aromatic carbocycles. The van der Waals surface area contributed by atoms with E-state index in [1.807, 2.05) is 68.4 Å². The van der Waals surface area contributed by atoms with Crippen LogP contribution in [0.2, 0.25) is 0 Å². The number of aryl methyl sites for hydroxylation is 1. The van der Waals surface area contributed by atoms with E-state index in [0.29, 0.717) is 6.54 Å². The number of hydrogen-bond donors (Lipinski definition) is 1. The third-order valence-electron chi connectivity index (χ3n) is 4.07. The molecule has 0 aliphatic carbocycles. The van der Waals surface area contributed by atoms with E-state index < -0.39 is 0 Å². The largest absolute Gasteiger partial charge is 0.336 e. The molecule has 0 aliphatic heterocycles. The van der Waals surface area contributed by atoms with Crippen LogP contribution >= 0.6 is 0 Å². The van der Waals surface area contributed by atoms with Crippen molar-refractivity contribution in [2.24, 2.45) is 0 Å². The quantitative estimate of drug-likeness (QED) is 0.875. The summed E-state index contributed by atoms with van der Waals surface area (Å²) in [6.45, 7) is 5.91. The molecule has 2 aromatic rings. The van der Waals surface area contributed by atoms with Crippen LogP contribution in [-0.4, -0.2) is 23.3 Å². The Bertz CT molecular complexity index is 681. The third kappa shape index (κ3) is 4.95. The van der Waals surface area contributed by atoms with Gasteiger partial charge >= 0.3 is 0 Å². The lowest BCUT2D eigenvalue weighted by Gasteiger charge is -2.28. The van der Waals surface area contributed by atoms with Crippen molar-refractivity contribution in [2.45, 2.75) is 33.2 Å². The summed E-state index contributed by atoms with van der Waals surface area (Å²) in [4.78, 5) is 25.8. The highest BCUT2D eigenvalue weighted by molar-refractivity contribution is 5.91. The van der Waals surface area contributed by atoms with Crippen LogP contribution in [0, 0.1) is 6.92 Å². The lowest BCUT2D eigenvalue weighted by Crippen LogP contribution is -2.34. The molecule has 0 saturated heterocycles. The second-order valence-electron chi connectivity index (χ2n) is 5.96. The van der Waals surface area contributed by atoms with Crippen LogP contribution in [0.15, 0.2) is 54.6 Å². The Hall–Kier alpha value is -2.62. The summed E-state index contributed by atoms with van der Waals surface area (Å²) >= 11 is 0. The summed E-state index contributed by atoms with van der Waals surface area (Å²) in [6, 6.07) is 17.4. The van der Waals surface area contributed by atoms with Gasteiger partial charge in [-0.1, -0.05) is 48.0 Å². The highest BCUT2D eigenvalue weighted by atomic mass is 16.2. The highest BCUT2D eigenvalue weighted by Gasteiger charge is 2.19. The summed E-state index contributed by atoms with van der Waals surface area (Å²) in [5, 5.41) is 2.87. The van der Waals surface area contributed by atoms with Crippen LogP contribution in [0.1, 0.15) is 37.4 Å². The van der Waals surface area contributed by atoms with Gasteiger partial charge in [-0.3, -0.25) is 9.59 Å². The minimum absolute atomic E-state index is 0.0329. The second kappa shape index (κ2) is 8.29. The van der Waals surface area contributed by atoms with E-state index in [0.717, 1.165) is 16.8 Å². The van der Waals surface area contributed by atoms with Crippen molar-refractivity contribution in [3.8, 4) is 0 Å². The van der Waals surface area contributed by atoms with Gasteiger partial charge in [-0.25, -0.2) is 0 Å². The Labute approximate surface area is 143 Å². The summed E-state index contributed by atoms with van der Waals surface area (Å²) in [7, 11) is 0. The molecule has 0 bridgehead atoms. The number of anilines is 1. The van der Waals surface area contributed by atoms with Crippen LogP contribution in [0.3, 0.4) is 0 Å². The van der Waals surface area contributed by atoms with Crippen LogP contribution in [0.4, 0.5) is 5.69 Å². The molecule has 4 nitrogen and oxygen atoms in total. The minimum Gasteiger partial charge on any atom is -0.336 e. The fourth-order valence-corrected chi connectivity index (χ4v) is 2.62. The zero-order valence-electron chi connectivity index (χ0n) is 14.5. The summed E-state index contributed by atoms with van der Waals surface area (Å²) in [6.07, 6.45) is 0.268. The molecule has 0 fully saturated rings. The van der Waals surface area contributed by atoms with Gasteiger partial charge in [0.15, 0.2) is 0 Å². The molecule has 1 N–H and O–H groups in total. The Kier molecular flexibility index (Phi) is 6.13. The van der Waals surface area contributed by atoms with Gasteiger partial charge in [0.1, 0.15) is 0 Å². The Balaban J connectivity index is 1.94. The van der Waals surface area contributed by atoms with Gasteiger partial charge in [-0.05, 0) is 31.5 Å².